The molecule has 0 unspecified atom stereocenters. The number of pyridine rings is 1. The molecule has 2 aromatic rings. The molecule has 2 atom stereocenters. The first-order chi connectivity index (χ1) is 13.0. The van der Waals surface area contributed by atoms with Crippen LogP contribution in [-0.2, 0) is 11.2 Å². The minimum Gasteiger partial charge on any atom is -0.391 e. The van der Waals surface area contributed by atoms with Gasteiger partial charge in [-0.2, -0.15) is 0 Å². The molecule has 0 spiro atoms. The quantitative estimate of drug-likeness (QED) is 0.905. The average Bonchev–Trinajstić information content (AvgIpc) is 3.04. The molecule has 2 fully saturated rings. The zero-order valence-electron chi connectivity index (χ0n) is 16.3. The van der Waals surface area contributed by atoms with E-state index < -0.39 is 6.10 Å². The van der Waals surface area contributed by atoms with Crippen molar-refractivity contribution in [1.29, 1.82) is 0 Å². The molecule has 0 aliphatic carbocycles. The molecule has 2 aliphatic rings. The lowest BCUT2D eigenvalue weighted by molar-refractivity contribution is -0.143. The van der Waals surface area contributed by atoms with Crippen LogP contribution in [0.3, 0.4) is 0 Å². The number of amides is 1. The van der Waals surface area contributed by atoms with Gasteiger partial charge in [0.05, 0.1) is 11.6 Å². The molecule has 5 heteroatoms. The summed E-state index contributed by atoms with van der Waals surface area (Å²) in [5.74, 6) is 0.298. The summed E-state index contributed by atoms with van der Waals surface area (Å²) in [6.07, 6.45) is 3.94. The first-order valence-electron chi connectivity index (χ1n) is 9.95. The molecular formula is C22H29N3O2. The third-order valence-electron chi connectivity index (χ3n) is 6.52. The summed E-state index contributed by atoms with van der Waals surface area (Å²) in [4.78, 5) is 21.8. The molecule has 27 heavy (non-hydrogen) atoms. The molecule has 4 rings (SSSR count). The van der Waals surface area contributed by atoms with Gasteiger partial charge in [-0.1, -0.05) is 25.1 Å². The van der Waals surface area contributed by atoms with Crippen molar-refractivity contribution in [3.05, 3.63) is 42.1 Å². The van der Waals surface area contributed by atoms with Gasteiger partial charge in [-0.25, -0.2) is 0 Å². The molecule has 2 aliphatic heterocycles. The van der Waals surface area contributed by atoms with E-state index in [-0.39, 0.29) is 17.2 Å². The number of aromatic nitrogens is 1. The summed E-state index contributed by atoms with van der Waals surface area (Å²) >= 11 is 0. The Morgan fingerprint density at radius 1 is 1.22 bits per heavy atom. The number of fused-ring (bicyclic) bond motifs is 1. The Morgan fingerprint density at radius 3 is 2.74 bits per heavy atom. The van der Waals surface area contributed by atoms with E-state index in [9.17, 15) is 9.90 Å². The highest BCUT2D eigenvalue weighted by atomic mass is 16.3. The molecule has 0 radical (unpaired) electrons. The van der Waals surface area contributed by atoms with Gasteiger partial charge in [-0.05, 0) is 57.1 Å². The topological polar surface area (TPSA) is 56.7 Å². The van der Waals surface area contributed by atoms with Crippen LogP contribution in [0.25, 0.3) is 10.9 Å². The highest BCUT2D eigenvalue weighted by molar-refractivity contribution is 5.83. The molecular weight excluding hydrogens is 338 g/mol. The lowest BCUT2D eigenvalue weighted by atomic mass is 9.79. The third-order valence-corrected chi connectivity index (χ3v) is 6.52. The molecule has 1 aromatic heterocycles. The van der Waals surface area contributed by atoms with Crippen molar-refractivity contribution in [3.63, 3.8) is 0 Å². The first-order valence-corrected chi connectivity index (χ1v) is 9.95. The van der Waals surface area contributed by atoms with Crippen LogP contribution in [0, 0.1) is 11.3 Å². The van der Waals surface area contributed by atoms with E-state index in [0.29, 0.717) is 13.1 Å². The first kappa shape index (κ1) is 18.4. The normalized spacial score (nSPS) is 25.8. The molecule has 5 nitrogen and oxygen atoms in total. The molecule has 0 saturated carbocycles. The number of likely N-dealkylation sites (tertiary alicyclic amines) is 2. The van der Waals surface area contributed by atoms with Crippen LogP contribution in [-0.4, -0.2) is 65.1 Å². The van der Waals surface area contributed by atoms with Crippen LogP contribution in [0.15, 0.2) is 36.5 Å². The third kappa shape index (κ3) is 3.58. The number of aliphatic hydroxyl groups excluding tert-OH is 1. The predicted octanol–water partition coefficient (Wildman–Crippen LogP) is 2.33. The lowest BCUT2D eigenvalue weighted by Gasteiger charge is -2.39. The molecule has 3 heterocycles. The fraction of sp³-hybridized carbons (Fsp3) is 0.545. The number of carbonyl (C=O) groups is 1. The zero-order chi connectivity index (χ0) is 19.0. The van der Waals surface area contributed by atoms with E-state index in [0.717, 1.165) is 43.3 Å². The Bertz CT molecular complexity index is 824. The van der Waals surface area contributed by atoms with E-state index in [2.05, 4.69) is 29.9 Å². The number of nitrogens with zero attached hydrogens (tertiary/aromatic N) is 3. The standard InChI is InChI=1S/C22H29N3O2/c1-22(8-11-24(2)12-9-22)21(27)25-14-17(20(26)15-25)13-16-7-10-23-19-6-4-3-5-18(16)19/h3-7,10,17,20,26H,8-9,11-15H2,1-2H3/t17-,20+/m1/s1. The van der Waals surface area contributed by atoms with E-state index in [1.165, 1.54) is 5.56 Å². The molecule has 144 valence electrons. The number of β-amino-alcohol motifs (C(OH)–C–C–N with tert-alkyl or cyclic N) is 1. The number of carbonyl (C=O) groups excluding carboxylic acids is 1. The molecule has 1 amide bonds. The number of benzene rings is 1. The summed E-state index contributed by atoms with van der Waals surface area (Å²) in [5.41, 5.74) is 1.89. The van der Waals surface area contributed by atoms with Crippen LogP contribution < -0.4 is 0 Å². The van der Waals surface area contributed by atoms with Gasteiger partial charge in [0.25, 0.3) is 0 Å². The van der Waals surface area contributed by atoms with Crippen molar-refractivity contribution in [3.8, 4) is 0 Å². The van der Waals surface area contributed by atoms with Crippen LogP contribution in [0.4, 0.5) is 0 Å². The van der Waals surface area contributed by atoms with Gasteiger partial charge in [0.2, 0.25) is 5.91 Å². The Balaban J connectivity index is 1.47. The molecule has 1 aromatic carbocycles. The van der Waals surface area contributed by atoms with Crippen LogP contribution in [0.2, 0.25) is 0 Å². The number of aliphatic hydroxyl groups is 1. The van der Waals surface area contributed by atoms with Crippen molar-refractivity contribution < 1.29 is 9.90 Å². The van der Waals surface area contributed by atoms with Gasteiger partial charge in [-0.3, -0.25) is 9.78 Å². The summed E-state index contributed by atoms with van der Waals surface area (Å²) in [6.45, 7) is 5.12. The maximum absolute atomic E-state index is 13.2. The fourth-order valence-corrected chi connectivity index (χ4v) is 4.54. The van der Waals surface area contributed by atoms with Gasteiger partial charge < -0.3 is 14.9 Å². The summed E-state index contributed by atoms with van der Waals surface area (Å²) in [6, 6.07) is 10.2. The van der Waals surface area contributed by atoms with Crippen molar-refractivity contribution >= 4 is 16.8 Å². The maximum atomic E-state index is 13.2. The Labute approximate surface area is 161 Å². The van der Waals surface area contributed by atoms with E-state index in [4.69, 9.17) is 0 Å². The van der Waals surface area contributed by atoms with Crippen molar-refractivity contribution in [2.45, 2.75) is 32.3 Å². The van der Waals surface area contributed by atoms with Crippen LogP contribution >= 0.6 is 0 Å². The minimum atomic E-state index is -0.462. The minimum absolute atomic E-state index is 0.0784. The Kier molecular flexibility index (Phi) is 4.91. The van der Waals surface area contributed by atoms with Crippen LogP contribution in [0.1, 0.15) is 25.3 Å². The number of rotatable bonds is 3. The SMILES string of the molecule is CN1CCC(C)(C(=O)N2C[C@@H](Cc3ccnc4ccccc34)[C@@H](O)C2)CC1. The van der Waals surface area contributed by atoms with Crippen molar-refractivity contribution in [1.82, 2.24) is 14.8 Å². The molecule has 1 N–H and O–H groups in total. The molecule has 0 bridgehead atoms. The summed E-state index contributed by atoms with van der Waals surface area (Å²) in [5, 5.41) is 11.8. The molecule has 2 saturated heterocycles. The monoisotopic (exact) mass is 367 g/mol. The number of hydrogen-bond donors (Lipinski definition) is 1. The number of para-hydroxylation sites is 1. The second-order valence-corrected chi connectivity index (χ2v) is 8.59. The zero-order valence-corrected chi connectivity index (χ0v) is 16.3. The van der Waals surface area contributed by atoms with Crippen molar-refractivity contribution in [2.24, 2.45) is 11.3 Å². The summed E-state index contributed by atoms with van der Waals surface area (Å²) < 4.78 is 0. The fourth-order valence-electron chi connectivity index (χ4n) is 4.54. The lowest BCUT2D eigenvalue weighted by Crippen LogP contribution is -2.47. The average molecular weight is 367 g/mol. The van der Waals surface area contributed by atoms with Gasteiger partial charge in [0, 0.05) is 36.0 Å². The van der Waals surface area contributed by atoms with E-state index in [1.807, 2.05) is 35.4 Å². The van der Waals surface area contributed by atoms with E-state index in [1.54, 1.807) is 0 Å². The predicted molar refractivity (Wildman–Crippen MR) is 106 cm³/mol. The summed E-state index contributed by atoms with van der Waals surface area (Å²) in [7, 11) is 2.11. The van der Waals surface area contributed by atoms with Gasteiger partial charge >= 0.3 is 0 Å². The van der Waals surface area contributed by atoms with Crippen molar-refractivity contribution in [2.75, 3.05) is 33.2 Å². The largest absolute Gasteiger partial charge is 0.391 e. The Morgan fingerprint density at radius 2 is 1.96 bits per heavy atom. The second-order valence-electron chi connectivity index (χ2n) is 8.59. The number of piperidine rings is 1. The van der Waals surface area contributed by atoms with Gasteiger partial charge in [-0.15, -0.1) is 0 Å². The second kappa shape index (κ2) is 7.21. The smallest absolute Gasteiger partial charge is 0.228 e. The Hall–Kier alpha value is -1.98. The van der Waals surface area contributed by atoms with E-state index >= 15 is 0 Å². The number of hydrogen-bond acceptors (Lipinski definition) is 4. The highest BCUT2D eigenvalue weighted by Crippen LogP contribution is 2.35. The van der Waals surface area contributed by atoms with Gasteiger partial charge in [0.1, 0.15) is 0 Å². The van der Waals surface area contributed by atoms with Crippen LogP contribution in [0.5, 0.6) is 0 Å². The highest BCUT2D eigenvalue weighted by Gasteiger charge is 2.43. The maximum Gasteiger partial charge on any atom is 0.228 e. The van der Waals surface area contributed by atoms with Gasteiger partial charge in [0.15, 0.2) is 0 Å².